The molecule has 1 aromatic carbocycles. The molecule has 15 heavy (non-hydrogen) atoms. The molecule has 0 spiro atoms. The van der Waals surface area contributed by atoms with Gasteiger partial charge in [-0.1, -0.05) is 6.07 Å². The maximum Gasteiger partial charge on any atom is 0.289 e. The van der Waals surface area contributed by atoms with Crippen molar-refractivity contribution in [2.75, 3.05) is 5.73 Å². The van der Waals surface area contributed by atoms with Crippen LogP contribution < -0.4 is 5.73 Å². The van der Waals surface area contributed by atoms with E-state index < -0.39 is 5.92 Å². The molecule has 2 aromatic rings. The summed E-state index contributed by atoms with van der Waals surface area (Å²) in [6.07, 6.45) is 0. The first-order chi connectivity index (χ1) is 6.91. The first-order valence-corrected chi connectivity index (χ1v) is 4.51. The molecule has 0 fully saturated rings. The zero-order valence-electron chi connectivity index (χ0n) is 8.46. The highest BCUT2D eigenvalue weighted by Crippen LogP contribution is 2.34. The van der Waals surface area contributed by atoms with E-state index in [1.54, 1.807) is 25.2 Å². The van der Waals surface area contributed by atoms with Gasteiger partial charge in [-0.15, -0.1) is 0 Å². The van der Waals surface area contributed by atoms with Crippen LogP contribution in [0.4, 0.5) is 14.5 Å². The van der Waals surface area contributed by atoms with Gasteiger partial charge in [0, 0.05) is 19.7 Å². The van der Waals surface area contributed by atoms with E-state index in [0.29, 0.717) is 16.6 Å². The normalized spacial score (nSPS) is 12.3. The predicted octanol–water partition coefficient (Wildman–Crippen LogP) is 2.27. The number of aromatic nitrogens is 2. The largest absolute Gasteiger partial charge is 0.398 e. The molecule has 0 atom stereocenters. The molecule has 2 N–H and O–H groups in total. The average Bonchev–Trinajstić information content (AvgIpc) is 2.45. The molecule has 0 aliphatic rings. The van der Waals surface area contributed by atoms with Crippen LogP contribution in [0.3, 0.4) is 0 Å². The van der Waals surface area contributed by atoms with Gasteiger partial charge < -0.3 is 5.73 Å². The molecular weight excluding hydrogens is 200 g/mol. The SMILES string of the molecule is Cn1nc(C(C)(F)F)c2c(N)cccc21. The molecule has 5 heteroatoms. The summed E-state index contributed by atoms with van der Waals surface area (Å²) in [5.41, 5.74) is 6.36. The Bertz CT molecular complexity index is 511. The molecule has 2 rings (SSSR count). The number of hydrogen-bond acceptors (Lipinski definition) is 2. The Labute approximate surface area is 85.5 Å². The van der Waals surface area contributed by atoms with Crippen LogP contribution in [-0.4, -0.2) is 9.78 Å². The van der Waals surface area contributed by atoms with Crippen molar-refractivity contribution in [2.45, 2.75) is 12.8 Å². The third-order valence-electron chi connectivity index (χ3n) is 2.33. The first kappa shape index (κ1) is 9.89. The third kappa shape index (κ3) is 1.44. The van der Waals surface area contributed by atoms with E-state index >= 15 is 0 Å². The number of alkyl halides is 2. The van der Waals surface area contributed by atoms with Crippen molar-refractivity contribution in [1.82, 2.24) is 9.78 Å². The van der Waals surface area contributed by atoms with Crippen LogP contribution in [0.2, 0.25) is 0 Å². The highest BCUT2D eigenvalue weighted by atomic mass is 19.3. The molecule has 0 aliphatic heterocycles. The summed E-state index contributed by atoms with van der Waals surface area (Å²) < 4.78 is 27.9. The number of nitrogen functional groups attached to an aromatic ring is 1. The van der Waals surface area contributed by atoms with E-state index in [4.69, 9.17) is 5.73 Å². The van der Waals surface area contributed by atoms with Crippen molar-refractivity contribution in [3.63, 3.8) is 0 Å². The average molecular weight is 211 g/mol. The number of nitrogens with two attached hydrogens (primary N) is 1. The molecule has 0 amide bonds. The summed E-state index contributed by atoms with van der Waals surface area (Å²) in [5, 5.41) is 4.15. The van der Waals surface area contributed by atoms with E-state index in [1.807, 2.05) is 0 Å². The number of fused-ring (bicyclic) bond motifs is 1. The lowest BCUT2D eigenvalue weighted by Gasteiger charge is -2.07. The van der Waals surface area contributed by atoms with Gasteiger partial charge in [0.15, 0.2) is 0 Å². The standard InChI is InChI=1S/C10H11F2N3/c1-10(11,12)9-8-6(13)4-3-5-7(8)15(2)14-9/h3-5H,13H2,1-2H3. The second-order valence-corrected chi connectivity index (χ2v) is 3.60. The van der Waals surface area contributed by atoms with Gasteiger partial charge in [-0.3, -0.25) is 4.68 Å². The van der Waals surface area contributed by atoms with Crippen LogP contribution >= 0.6 is 0 Å². The van der Waals surface area contributed by atoms with E-state index in [2.05, 4.69) is 5.10 Å². The van der Waals surface area contributed by atoms with Crippen LogP contribution in [0.5, 0.6) is 0 Å². The van der Waals surface area contributed by atoms with Gasteiger partial charge in [-0.05, 0) is 12.1 Å². The van der Waals surface area contributed by atoms with E-state index in [9.17, 15) is 8.78 Å². The molecule has 1 aromatic heterocycles. The second-order valence-electron chi connectivity index (χ2n) is 3.60. The van der Waals surface area contributed by atoms with Gasteiger partial charge in [0.05, 0.1) is 10.9 Å². The minimum Gasteiger partial charge on any atom is -0.398 e. The number of aryl methyl sites for hydroxylation is 1. The quantitative estimate of drug-likeness (QED) is 0.735. The molecule has 0 aliphatic carbocycles. The fourth-order valence-electron chi connectivity index (χ4n) is 1.65. The predicted molar refractivity (Wildman–Crippen MR) is 54.7 cm³/mol. The molecule has 80 valence electrons. The van der Waals surface area contributed by atoms with Crippen molar-refractivity contribution in [3.05, 3.63) is 23.9 Å². The van der Waals surface area contributed by atoms with E-state index in [-0.39, 0.29) is 5.69 Å². The second kappa shape index (κ2) is 2.92. The Morgan fingerprint density at radius 2 is 2.07 bits per heavy atom. The lowest BCUT2D eigenvalue weighted by Crippen LogP contribution is -2.09. The first-order valence-electron chi connectivity index (χ1n) is 4.51. The van der Waals surface area contributed by atoms with Gasteiger partial charge >= 0.3 is 0 Å². The number of halogens is 2. The Hall–Kier alpha value is -1.65. The summed E-state index contributed by atoms with van der Waals surface area (Å²) in [7, 11) is 1.62. The topological polar surface area (TPSA) is 43.8 Å². The smallest absolute Gasteiger partial charge is 0.289 e. The maximum absolute atomic E-state index is 13.2. The van der Waals surface area contributed by atoms with Crippen molar-refractivity contribution < 1.29 is 8.78 Å². The van der Waals surface area contributed by atoms with Crippen LogP contribution in [0, 0.1) is 0 Å². The van der Waals surface area contributed by atoms with Gasteiger partial charge in [-0.2, -0.15) is 13.9 Å². The highest BCUT2D eigenvalue weighted by Gasteiger charge is 2.31. The molecule has 0 unspecified atom stereocenters. The Balaban J connectivity index is 2.88. The Morgan fingerprint density at radius 3 is 2.67 bits per heavy atom. The number of anilines is 1. The third-order valence-corrected chi connectivity index (χ3v) is 2.33. The summed E-state index contributed by atoms with van der Waals surface area (Å²) in [4.78, 5) is 0. The van der Waals surface area contributed by atoms with Crippen LogP contribution in [0.15, 0.2) is 18.2 Å². The molecule has 0 saturated heterocycles. The lowest BCUT2D eigenvalue weighted by molar-refractivity contribution is 0.0137. The van der Waals surface area contributed by atoms with Gasteiger partial charge in [0.1, 0.15) is 5.69 Å². The fourth-order valence-corrected chi connectivity index (χ4v) is 1.65. The van der Waals surface area contributed by atoms with Gasteiger partial charge in [0.2, 0.25) is 0 Å². The Kier molecular flexibility index (Phi) is 1.92. The zero-order valence-corrected chi connectivity index (χ0v) is 8.46. The van der Waals surface area contributed by atoms with Crippen molar-refractivity contribution >= 4 is 16.6 Å². The van der Waals surface area contributed by atoms with Crippen molar-refractivity contribution in [2.24, 2.45) is 7.05 Å². The summed E-state index contributed by atoms with van der Waals surface area (Å²) in [6.45, 7) is 0.821. The van der Waals surface area contributed by atoms with Gasteiger partial charge in [0.25, 0.3) is 5.92 Å². The summed E-state index contributed by atoms with van der Waals surface area (Å²) >= 11 is 0. The molecular formula is C10H11F2N3. The van der Waals surface area contributed by atoms with E-state index in [0.717, 1.165) is 6.92 Å². The molecule has 0 bridgehead atoms. The summed E-state index contributed by atoms with van der Waals surface area (Å²) in [5.74, 6) is -2.98. The number of nitrogens with zero attached hydrogens (tertiary/aromatic N) is 2. The van der Waals surface area contributed by atoms with Crippen molar-refractivity contribution in [1.29, 1.82) is 0 Å². The maximum atomic E-state index is 13.2. The number of hydrogen-bond donors (Lipinski definition) is 1. The molecule has 3 nitrogen and oxygen atoms in total. The van der Waals surface area contributed by atoms with Crippen LogP contribution in [0.1, 0.15) is 12.6 Å². The molecule has 1 heterocycles. The molecule has 0 radical (unpaired) electrons. The lowest BCUT2D eigenvalue weighted by atomic mass is 10.1. The van der Waals surface area contributed by atoms with E-state index in [1.165, 1.54) is 4.68 Å². The Morgan fingerprint density at radius 1 is 1.40 bits per heavy atom. The number of benzene rings is 1. The van der Waals surface area contributed by atoms with Crippen LogP contribution in [0.25, 0.3) is 10.9 Å². The summed E-state index contributed by atoms with van der Waals surface area (Å²) in [6, 6.07) is 5.03. The number of rotatable bonds is 1. The van der Waals surface area contributed by atoms with Crippen LogP contribution in [-0.2, 0) is 13.0 Å². The fraction of sp³-hybridized carbons (Fsp3) is 0.300. The zero-order chi connectivity index (χ0) is 11.2. The minimum absolute atomic E-state index is 0.266. The van der Waals surface area contributed by atoms with Crippen molar-refractivity contribution in [3.8, 4) is 0 Å². The highest BCUT2D eigenvalue weighted by molar-refractivity contribution is 5.93. The molecule has 0 saturated carbocycles. The minimum atomic E-state index is -2.98. The monoisotopic (exact) mass is 211 g/mol. The van der Waals surface area contributed by atoms with Gasteiger partial charge in [-0.25, -0.2) is 0 Å².